The van der Waals surface area contributed by atoms with E-state index < -0.39 is 0 Å². The molecule has 4 rings (SSSR count). The molecule has 0 amide bonds. The summed E-state index contributed by atoms with van der Waals surface area (Å²) in [7, 11) is 0. The van der Waals surface area contributed by atoms with Crippen LogP contribution in [0.15, 0.2) is 18.2 Å². The average molecular weight is 343 g/mol. The van der Waals surface area contributed by atoms with Gasteiger partial charge in [-0.1, -0.05) is 26.0 Å². The monoisotopic (exact) mass is 342 g/mol. The van der Waals surface area contributed by atoms with Gasteiger partial charge in [0, 0.05) is 35.1 Å². The van der Waals surface area contributed by atoms with Crippen LogP contribution < -0.4 is 0 Å². The third-order valence-corrected chi connectivity index (χ3v) is 6.95. The number of aryl methyl sites for hydroxylation is 1. The molecule has 1 unspecified atom stereocenters. The lowest BCUT2D eigenvalue weighted by Crippen LogP contribution is -2.50. The molecule has 1 aromatic heterocycles. The Hall–Kier alpha value is -0.930. The Labute approximate surface area is 150 Å². The summed E-state index contributed by atoms with van der Waals surface area (Å²) in [5.41, 5.74) is 6.08. The highest BCUT2D eigenvalue weighted by molar-refractivity contribution is 7.98. The smallest absolute Gasteiger partial charge is 0.0461 e. The van der Waals surface area contributed by atoms with Crippen molar-refractivity contribution in [2.45, 2.75) is 51.5 Å². The second-order valence-electron chi connectivity index (χ2n) is 7.64. The maximum atomic E-state index is 3.72. The second kappa shape index (κ2) is 6.76. The Morgan fingerprint density at radius 3 is 2.92 bits per heavy atom. The van der Waals surface area contributed by atoms with Crippen molar-refractivity contribution < 1.29 is 0 Å². The molecule has 2 nitrogen and oxygen atoms in total. The van der Waals surface area contributed by atoms with E-state index in [2.05, 4.69) is 48.2 Å². The van der Waals surface area contributed by atoms with E-state index in [4.69, 9.17) is 0 Å². The number of thioether (sulfide) groups is 1. The van der Waals surface area contributed by atoms with E-state index in [1.165, 1.54) is 49.3 Å². The Bertz CT molecular complexity index is 720. The molecule has 1 fully saturated rings. The number of piperidine rings is 1. The van der Waals surface area contributed by atoms with Crippen molar-refractivity contribution >= 4 is 22.7 Å². The zero-order valence-corrected chi connectivity index (χ0v) is 16.1. The number of likely N-dealkylation sites (tertiary alicyclic amines) is 1. The first kappa shape index (κ1) is 16.5. The van der Waals surface area contributed by atoms with Gasteiger partial charge in [-0.15, -0.1) is 0 Å². The quantitative estimate of drug-likeness (QED) is 0.839. The number of fused-ring (bicyclic) bond motifs is 2. The van der Waals surface area contributed by atoms with Crippen LogP contribution >= 0.6 is 11.8 Å². The fourth-order valence-electron chi connectivity index (χ4n) is 5.26. The van der Waals surface area contributed by atoms with Crippen LogP contribution in [0.5, 0.6) is 0 Å². The normalized spacial score (nSPS) is 26.7. The van der Waals surface area contributed by atoms with Crippen molar-refractivity contribution in [1.82, 2.24) is 9.88 Å². The Balaban J connectivity index is 1.79. The first-order valence-corrected chi connectivity index (χ1v) is 11.0. The van der Waals surface area contributed by atoms with Crippen LogP contribution in [0.1, 0.15) is 49.4 Å². The lowest BCUT2D eigenvalue weighted by molar-refractivity contribution is 0.0925. The summed E-state index contributed by atoms with van der Waals surface area (Å²) in [5, 5.41) is 1.57. The highest BCUT2D eigenvalue weighted by Crippen LogP contribution is 2.46. The van der Waals surface area contributed by atoms with Crippen LogP contribution in [0, 0.1) is 5.92 Å². The lowest BCUT2D eigenvalue weighted by atomic mass is 9.72. The van der Waals surface area contributed by atoms with Gasteiger partial charge in [-0.25, -0.2) is 0 Å². The van der Waals surface area contributed by atoms with Gasteiger partial charge in [-0.05, 0) is 67.3 Å². The standard InChI is InChI=1S/C21H30N2S/c1-4-9-23-12-14(13-24-3)10-16-15-7-6-8-19-21(15)17(11-20(16)23)18(5-2)22-19/h6-8,14,16,20,22H,4-5,9-13H2,1-3H3/t14?,16-,20-/m1/s1. The molecule has 1 aliphatic carbocycles. The van der Waals surface area contributed by atoms with E-state index in [0.717, 1.165) is 18.3 Å². The predicted molar refractivity (Wildman–Crippen MR) is 106 cm³/mol. The van der Waals surface area contributed by atoms with Crippen LogP contribution in [0.3, 0.4) is 0 Å². The van der Waals surface area contributed by atoms with Crippen LogP contribution in [0.25, 0.3) is 10.9 Å². The molecule has 0 radical (unpaired) electrons. The summed E-state index contributed by atoms with van der Waals surface area (Å²) in [6.45, 7) is 7.17. The fraction of sp³-hybridized carbons (Fsp3) is 0.619. The topological polar surface area (TPSA) is 19.0 Å². The van der Waals surface area contributed by atoms with Crippen molar-refractivity contribution in [3.63, 3.8) is 0 Å². The molecule has 0 bridgehead atoms. The number of hydrogen-bond acceptors (Lipinski definition) is 2. The van der Waals surface area contributed by atoms with Crippen molar-refractivity contribution in [3.8, 4) is 0 Å². The molecule has 2 aliphatic rings. The summed E-state index contributed by atoms with van der Waals surface area (Å²) in [5.74, 6) is 2.87. The summed E-state index contributed by atoms with van der Waals surface area (Å²) >= 11 is 2.02. The molecule has 0 spiro atoms. The number of hydrogen-bond donors (Lipinski definition) is 1. The van der Waals surface area contributed by atoms with Gasteiger partial charge < -0.3 is 4.98 Å². The van der Waals surface area contributed by atoms with Crippen molar-refractivity contribution in [2.75, 3.05) is 25.1 Å². The Morgan fingerprint density at radius 1 is 1.29 bits per heavy atom. The molecule has 2 heterocycles. The van der Waals surface area contributed by atoms with Gasteiger partial charge >= 0.3 is 0 Å². The highest BCUT2D eigenvalue weighted by atomic mass is 32.2. The van der Waals surface area contributed by atoms with Gasteiger partial charge in [-0.2, -0.15) is 11.8 Å². The third-order valence-electron chi connectivity index (χ3n) is 6.14. The van der Waals surface area contributed by atoms with E-state index >= 15 is 0 Å². The van der Waals surface area contributed by atoms with Gasteiger partial charge in [0.1, 0.15) is 0 Å². The first-order valence-electron chi connectivity index (χ1n) is 9.62. The molecule has 1 saturated heterocycles. The predicted octanol–water partition coefficient (Wildman–Crippen LogP) is 4.83. The third kappa shape index (κ3) is 2.61. The van der Waals surface area contributed by atoms with Gasteiger partial charge in [0.15, 0.2) is 0 Å². The molecule has 3 heteroatoms. The summed E-state index contributed by atoms with van der Waals surface area (Å²) in [6.07, 6.45) is 7.26. The maximum absolute atomic E-state index is 3.72. The van der Waals surface area contributed by atoms with E-state index in [1.54, 1.807) is 16.5 Å². The van der Waals surface area contributed by atoms with Crippen LogP contribution in [0.2, 0.25) is 0 Å². The number of aromatic amines is 1. The minimum absolute atomic E-state index is 0.710. The number of rotatable bonds is 5. The van der Waals surface area contributed by atoms with Crippen LogP contribution in [0.4, 0.5) is 0 Å². The number of nitrogens with one attached hydrogen (secondary N) is 1. The molecule has 3 atom stereocenters. The van der Waals surface area contributed by atoms with Gasteiger partial charge in [0.05, 0.1) is 0 Å². The van der Waals surface area contributed by atoms with Crippen molar-refractivity contribution in [1.29, 1.82) is 0 Å². The van der Waals surface area contributed by atoms with Crippen LogP contribution in [-0.4, -0.2) is 41.0 Å². The number of H-pyrrole nitrogens is 1. The maximum Gasteiger partial charge on any atom is 0.0461 e. The van der Waals surface area contributed by atoms with Gasteiger partial charge in [0.25, 0.3) is 0 Å². The lowest BCUT2D eigenvalue weighted by Gasteiger charge is -2.47. The molecule has 1 N–H and O–H groups in total. The van der Waals surface area contributed by atoms with E-state index in [9.17, 15) is 0 Å². The highest BCUT2D eigenvalue weighted by Gasteiger charge is 2.40. The van der Waals surface area contributed by atoms with E-state index in [0.29, 0.717) is 6.04 Å². The SMILES string of the molecule is CCCN1CC(CSC)C[C@@H]2c3cccc4[nH]c(CC)c(c34)C[C@H]21. The number of benzene rings is 1. The fourth-order valence-corrected chi connectivity index (χ4v) is 5.98. The Morgan fingerprint density at radius 2 is 2.17 bits per heavy atom. The minimum Gasteiger partial charge on any atom is -0.358 e. The molecule has 0 saturated carbocycles. The molecule has 1 aliphatic heterocycles. The van der Waals surface area contributed by atoms with Crippen LogP contribution in [-0.2, 0) is 12.8 Å². The van der Waals surface area contributed by atoms with Gasteiger partial charge in [0.2, 0.25) is 0 Å². The largest absolute Gasteiger partial charge is 0.358 e. The summed E-state index contributed by atoms with van der Waals surface area (Å²) in [4.78, 5) is 6.54. The zero-order chi connectivity index (χ0) is 16.7. The Kier molecular flexibility index (Phi) is 4.66. The molecule has 1 aromatic carbocycles. The second-order valence-corrected chi connectivity index (χ2v) is 8.55. The molecular formula is C21H30N2S. The zero-order valence-electron chi connectivity index (χ0n) is 15.3. The average Bonchev–Trinajstić information content (AvgIpc) is 2.96. The first-order chi connectivity index (χ1) is 11.8. The molecule has 2 aromatic rings. The molecule has 130 valence electrons. The molecule has 24 heavy (non-hydrogen) atoms. The summed E-state index contributed by atoms with van der Waals surface area (Å²) in [6, 6.07) is 7.67. The minimum atomic E-state index is 0.710. The number of nitrogens with zero attached hydrogens (tertiary/aromatic N) is 1. The molecular weight excluding hydrogens is 312 g/mol. The summed E-state index contributed by atoms with van der Waals surface area (Å²) < 4.78 is 0. The van der Waals surface area contributed by atoms with Gasteiger partial charge in [-0.3, -0.25) is 4.90 Å². The van der Waals surface area contributed by atoms with E-state index in [-0.39, 0.29) is 0 Å². The van der Waals surface area contributed by atoms with Crippen molar-refractivity contribution in [3.05, 3.63) is 35.0 Å². The van der Waals surface area contributed by atoms with E-state index in [1.807, 2.05) is 11.8 Å². The number of aromatic nitrogens is 1. The van der Waals surface area contributed by atoms with Crippen molar-refractivity contribution in [2.24, 2.45) is 5.92 Å².